The fourth-order valence-corrected chi connectivity index (χ4v) is 2.08. The van der Waals surface area contributed by atoms with Gasteiger partial charge in [0.25, 0.3) is 0 Å². The molecule has 23 heavy (non-hydrogen) atoms. The Hall–Kier alpha value is -2.95. The maximum Gasteiger partial charge on any atom is 0.336 e. The van der Waals surface area contributed by atoms with E-state index in [1.807, 2.05) is 6.92 Å². The van der Waals surface area contributed by atoms with E-state index < -0.39 is 11.8 Å². The van der Waals surface area contributed by atoms with Crippen LogP contribution in [-0.4, -0.2) is 22.8 Å². The van der Waals surface area contributed by atoms with E-state index in [0.29, 0.717) is 24.2 Å². The average molecular weight is 312 g/mol. The molecule has 0 aliphatic rings. The third-order valence-corrected chi connectivity index (χ3v) is 3.20. The van der Waals surface area contributed by atoms with Crippen molar-refractivity contribution < 1.29 is 24.2 Å². The van der Waals surface area contributed by atoms with Crippen LogP contribution in [0.25, 0.3) is 0 Å². The lowest BCUT2D eigenvalue weighted by atomic mass is 9.98. The summed E-state index contributed by atoms with van der Waals surface area (Å²) in [6, 6.07) is 12.1. The summed E-state index contributed by atoms with van der Waals surface area (Å²) in [5, 5.41) is 9.15. The molecule has 0 spiro atoms. The highest BCUT2D eigenvalue weighted by Crippen LogP contribution is 2.18. The highest BCUT2D eigenvalue weighted by atomic mass is 16.5. The van der Waals surface area contributed by atoms with Crippen LogP contribution in [0.5, 0.6) is 5.75 Å². The molecule has 118 valence electrons. The minimum atomic E-state index is -1.15. The predicted octanol–water partition coefficient (Wildman–Crippen LogP) is 3.32. The van der Waals surface area contributed by atoms with Crippen LogP contribution in [0, 0.1) is 0 Å². The van der Waals surface area contributed by atoms with E-state index in [1.54, 1.807) is 12.1 Å². The number of carbonyl (C=O) groups is 3. The van der Waals surface area contributed by atoms with Crippen LogP contribution in [0.2, 0.25) is 0 Å². The second kappa shape index (κ2) is 7.35. The molecule has 0 heterocycles. The molecule has 0 atom stereocenters. The summed E-state index contributed by atoms with van der Waals surface area (Å²) in [5.41, 5.74) is 0.403. The van der Waals surface area contributed by atoms with Crippen molar-refractivity contribution in [2.75, 3.05) is 0 Å². The van der Waals surface area contributed by atoms with Crippen LogP contribution in [0.3, 0.4) is 0 Å². The van der Waals surface area contributed by atoms with Gasteiger partial charge in [0.1, 0.15) is 5.75 Å². The van der Waals surface area contributed by atoms with Crippen molar-refractivity contribution in [1.29, 1.82) is 0 Å². The smallest absolute Gasteiger partial charge is 0.336 e. The molecular formula is C18H16O5. The maximum absolute atomic E-state index is 12.4. The van der Waals surface area contributed by atoms with Gasteiger partial charge in [0.15, 0.2) is 5.78 Å². The van der Waals surface area contributed by atoms with Gasteiger partial charge in [0.05, 0.1) is 5.56 Å². The number of esters is 1. The quantitative estimate of drug-likeness (QED) is 0.503. The molecule has 0 aromatic heterocycles. The molecule has 5 nitrogen and oxygen atoms in total. The van der Waals surface area contributed by atoms with E-state index >= 15 is 0 Å². The molecule has 0 saturated heterocycles. The van der Waals surface area contributed by atoms with Crippen LogP contribution >= 0.6 is 0 Å². The molecule has 0 fully saturated rings. The zero-order valence-corrected chi connectivity index (χ0v) is 12.6. The normalized spacial score (nSPS) is 10.1. The lowest BCUT2D eigenvalue weighted by Gasteiger charge is -2.07. The summed E-state index contributed by atoms with van der Waals surface area (Å²) in [7, 11) is 0. The summed E-state index contributed by atoms with van der Waals surface area (Å²) in [4.78, 5) is 35.0. The molecular weight excluding hydrogens is 296 g/mol. The number of ether oxygens (including phenoxy) is 1. The van der Waals surface area contributed by atoms with Crippen LogP contribution < -0.4 is 4.74 Å². The van der Waals surface area contributed by atoms with Gasteiger partial charge in [-0.3, -0.25) is 9.59 Å². The number of hydrogen-bond acceptors (Lipinski definition) is 4. The largest absolute Gasteiger partial charge is 0.478 e. The molecule has 2 rings (SSSR count). The Kier molecular flexibility index (Phi) is 5.25. The van der Waals surface area contributed by atoms with Gasteiger partial charge in [0, 0.05) is 17.5 Å². The standard InChI is InChI=1S/C18H16O5/c1-2-5-16(19)23-13-10-8-12(9-11-13)17(20)14-6-3-4-7-15(14)18(21)22/h3-4,6-11H,2,5H2,1H3,(H,21,22). The van der Waals surface area contributed by atoms with E-state index in [-0.39, 0.29) is 17.1 Å². The van der Waals surface area contributed by atoms with Gasteiger partial charge in [-0.05, 0) is 36.8 Å². The van der Waals surface area contributed by atoms with Crippen molar-refractivity contribution in [3.05, 3.63) is 65.2 Å². The molecule has 0 bridgehead atoms. The van der Waals surface area contributed by atoms with E-state index in [0.717, 1.165) is 0 Å². The van der Waals surface area contributed by atoms with Crippen molar-refractivity contribution >= 4 is 17.7 Å². The third-order valence-electron chi connectivity index (χ3n) is 3.20. The molecule has 0 saturated carbocycles. The Morgan fingerprint density at radius 2 is 1.57 bits per heavy atom. The molecule has 0 aliphatic heterocycles. The number of hydrogen-bond donors (Lipinski definition) is 1. The van der Waals surface area contributed by atoms with Gasteiger partial charge in [-0.1, -0.05) is 25.1 Å². The van der Waals surface area contributed by atoms with Gasteiger partial charge in [-0.25, -0.2) is 4.79 Å². The second-order valence-electron chi connectivity index (χ2n) is 4.93. The first-order valence-corrected chi connectivity index (χ1v) is 7.20. The number of rotatable bonds is 6. The second-order valence-corrected chi connectivity index (χ2v) is 4.93. The molecule has 2 aromatic rings. The molecule has 2 aromatic carbocycles. The van der Waals surface area contributed by atoms with Gasteiger partial charge >= 0.3 is 11.9 Å². The molecule has 0 radical (unpaired) electrons. The van der Waals surface area contributed by atoms with E-state index in [9.17, 15) is 14.4 Å². The Labute approximate surface area is 133 Å². The van der Waals surface area contributed by atoms with E-state index in [4.69, 9.17) is 9.84 Å². The summed E-state index contributed by atoms with van der Waals surface area (Å²) < 4.78 is 5.11. The minimum Gasteiger partial charge on any atom is -0.478 e. The lowest BCUT2D eigenvalue weighted by Crippen LogP contribution is -2.10. The third kappa shape index (κ3) is 4.03. The van der Waals surface area contributed by atoms with Crippen LogP contribution in [-0.2, 0) is 4.79 Å². The fraction of sp³-hybridized carbons (Fsp3) is 0.167. The Bertz CT molecular complexity index is 731. The van der Waals surface area contributed by atoms with Crippen LogP contribution in [0.1, 0.15) is 46.0 Å². The van der Waals surface area contributed by atoms with Crippen molar-refractivity contribution in [2.24, 2.45) is 0 Å². The summed E-state index contributed by atoms with van der Waals surface area (Å²) in [6.07, 6.45) is 1.02. The SMILES string of the molecule is CCCC(=O)Oc1ccc(C(=O)c2ccccc2C(=O)O)cc1. The number of aromatic carboxylic acids is 1. The van der Waals surface area contributed by atoms with E-state index in [1.165, 1.54) is 36.4 Å². The topological polar surface area (TPSA) is 80.7 Å². The van der Waals surface area contributed by atoms with Crippen molar-refractivity contribution in [1.82, 2.24) is 0 Å². The van der Waals surface area contributed by atoms with Crippen LogP contribution in [0.4, 0.5) is 0 Å². The number of carbonyl (C=O) groups excluding carboxylic acids is 2. The van der Waals surface area contributed by atoms with Crippen molar-refractivity contribution in [3.63, 3.8) is 0 Å². The Balaban J connectivity index is 2.21. The Morgan fingerprint density at radius 3 is 2.13 bits per heavy atom. The maximum atomic E-state index is 12.4. The Morgan fingerprint density at radius 1 is 0.957 bits per heavy atom. The highest BCUT2D eigenvalue weighted by molar-refractivity contribution is 6.14. The monoisotopic (exact) mass is 312 g/mol. The van der Waals surface area contributed by atoms with Crippen molar-refractivity contribution in [3.8, 4) is 5.75 Å². The molecule has 0 aliphatic carbocycles. The van der Waals surface area contributed by atoms with Crippen LogP contribution in [0.15, 0.2) is 48.5 Å². The number of carboxylic acid groups (broad SMARTS) is 1. The lowest BCUT2D eigenvalue weighted by molar-refractivity contribution is -0.134. The first kappa shape index (κ1) is 16.4. The number of carboxylic acids is 1. The summed E-state index contributed by atoms with van der Waals surface area (Å²) >= 11 is 0. The van der Waals surface area contributed by atoms with E-state index in [2.05, 4.69) is 0 Å². The molecule has 5 heteroatoms. The molecule has 0 amide bonds. The van der Waals surface area contributed by atoms with Gasteiger partial charge in [0.2, 0.25) is 0 Å². The zero-order chi connectivity index (χ0) is 16.8. The molecule has 1 N–H and O–H groups in total. The summed E-state index contributed by atoms with van der Waals surface area (Å²) in [5.74, 6) is -1.53. The highest BCUT2D eigenvalue weighted by Gasteiger charge is 2.17. The van der Waals surface area contributed by atoms with Gasteiger partial charge in [-0.2, -0.15) is 0 Å². The zero-order valence-electron chi connectivity index (χ0n) is 12.6. The average Bonchev–Trinajstić information content (AvgIpc) is 2.55. The summed E-state index contributed by atoms with van der Waals surface area (Å²) in [6.45, 7) is 1.88. The van der Waals surface area contributed by atoms with Crippen molar-refractivity contribution in [2.45, 2.75) is 19.8 Å². The predicted molar refractivity (Wildman–Crippen MR) is 83.8 cm³/mol. The number of ketones is 1. The van der Waals surface area contributed by atoms with Gasteiger partial charge in [-0.15, -0.1) is 0 Å². The fourth-order valence-electron chi connectivity index (χ4n) is 2.08. The molecule has 0 unspecified atom stereocenters. The van der Waals surface area contributed by atoms with Gasteiger partial charge < -0.3 is 9.84 Å². The first-order valence-electron chi connectivity index (χ1n) is 7.20. The minimum absolute atomic E-state index is 0.0454. The first-order chi connectivity index (χ1) is 11.0. The number of benzene rings is 2.